The van der Waals surface area contributed by atoms with Crippen molar-refractivity contribution in [2.75, 3.05) is 0 Å². The van der Waals surface area contributed by atoms with Crippen molar-refractivity contribution in [1.29, 1.82) is 0 Å². The van der Waals surface area contributed by atoms with Gasteiger partial charge in [-0.3, -0.25) is 9.59 Å². The molecule has 0 spiro atoms. The maximum absolute atomic E-state index is 17.1. The van der Waals surface area contributed by atoms with Crippen molar-refractivity contribution in [3.05, 3.63) is 0 Å². The fourth-order valence-corrected chi connectivity index (χ4v) is 24.8. The molecule has 0 aromatic heterocycles. The second kappa shape index (κ2) is 112. The Balaban J connectivity index is 7.72. The predicted octanol–water partition coefficient (Wildman–Crippen LogP) is 49.5. The molecule has 0 N–H and O–H groups in total. The van der Waals surface area contributed by atoms with Gasteiger partial charge in [-0.25, -0.2) is 0 Å². The van der Waals surface area contributed by atoms with Crippen molar-refractivity contribution in [2.24, 2.45) is 22.2 Å². The molecule has 0 saturated heterocycles. The number of rotatable bonds is 121. The van der Waals surface area contributed by atoms with Gasteiger partial charge in [-0.15, -0.1) is 0 Å². The second-order valence-electron chi connectivity index (χ2n) is 46.8. The Morgan fingerprint density at radius 2 is 0.289 bits per heavy atom. The molecule has 0 aliphatic rings. The minimum atomic E-state index is -0.645. The molecule has 0 heterocycles. The summed E-state index contributed by atoms with van der Waals surface area (Å²) in [5, 5.41) is 0. The molecule has 0 aliphatic carbocycles. The summed E-state index contributed by atoms with van der Waals surface area (Å²) >= 11 is 0. The van der Waals surface area contributed by atoms with Gasteiger partial charge in [0.2, 0.25) is 0 Å². The summed E-state index contributed by atoms with van der Waals surface area (Å²) in [6.07, 6.45) is 159. The molecule has 0 fully saturated rings. The third-order valence-corrected chi connectivity index (χ3v) is 34.0. The fourth-order valence-electron chi connectivity index (χ4n) is 24.8. The monoisotopic (exact) mass is 1900 g/mol. The van der Waals surface area contributed by atoms with Gasteiger partial charge in [0, 0.05) is 6.42 Å². The lowest BCUT2D eigenvalue weighted by molar-refractivity contribution is -0.182. The SMILES string of the molecule is CCCCCCCCCCCCCCCCCC(=O)OC(=O)C(CCCCCCCCCCCC)(CCCCCCCCCCCC)C(CCCCCCCCCCCC)(CCCCCCCCCCCC)C(CCCCCCCCCCCC)CCCCCCCCCCCCCC(CCCCCCCCCCCC)(CCCCCCCCCCCC)CCCCCCCCCCCC. The van der Waals surface area contributed by atoms with Crippen LogP contribution in [0, 0.1) is 22.2 Å². The molecule has 3 heteroatoms. The third-order valence-electron chi connectivity index (χ3n) is 34.0. The van der Waals surface area contributed by atoms with Crippen molar-refractivity contribution in [3.63, 3.8) is 0 Å². The zero-order valence-electron chi connectivity index (χ0n) is 96.0. The Kier molecular flexibility index (Phi) is 111. The zero-order valence-corrected chi connectivity index (χ0v) is 96.0. The molecule has 0 rings (SSSR count). The summed E-state index contributed by atoms with van der Waals surface area (Å²) < 4.78 is 6.94. The van der Waals surface area contributed by atoms with E-state index in [0.29, 0.717) is 17.8 Å². The largest absolute Gasteiger partial charge is 0.393 e. The van der Waals surface area contributed by atoms with E-state index in [-0.39, 0.29) is 17.4 Å². The number of carbonyl (C=O) groups is 2. The van der Waals surface area contributed by atoms with Gasteiger partial charge in [-0.2, -0.15) is 0 Å². The fraction of sp³-hybridized carbons (Fsp3) is 0.985. The molecule has 0 aliphatic heterocycles. The maximum Gasteiger partial charge on any atom is 0.320 e. The van der Waals surface area contributed by atoms with E-state index in [1.807, 2.05) is 0 Å². The summed E-state index contributed by atoms with van der Waals surface area (Å²) in [5.41, 5.74) is -0.230. The van der Waals surface area contributed by atoms with E-state index < -0.39 is 5.41 Å². The topological polar surface area (TPSA) is 43.4 Å². The molecule has 3 nitrogen and oxygen atoms in total. The average Bonchev–Trinajstić information content (AvgIpc) is 0.735. The highest BCUT2D eigenvalue weighted by Crippen LogP contribution is 2.61. The Morgan fingerprint density at radius 1 is 0.156 bits per heavy atom. The van der Waals surface area contributed by atoms with Crippen LogP contribution in [0.25, 0.3) is 0 Å². The van der Waals surface area contributed by atoms with Gasteiger partial charge in [-0.1, -0.05) is 736 Å². The van der Waals surface area contributed by atoms with Crippen LogP contribution in [-0.2, 0) is 14.3 Å². The van der Waals surface area contributed by atoms with Crippen molar-refractivity contribution in [2.45, 2.75) is 814 Å². The second-order valence-corrected chi connectivity index (χ2v) is 46.8. The molecular formula is C132H262O3. The lowest BCUT2D eigenvalue weighted by atomic mass is 9.48. The van der Waals surface area contributed by atoms with Crippen LogP contribution >= 0.6 is 0 Å². The first-order valence-electron chi connectivity index (χ1n) is 65.5. The van der Waals surface area contributed by atoms with Gasteiger partial charge >= 0.3 is 11.9 Å². The molecule has 0 radical (unpaired) electrons. The number of unbranched alkanes of at least 4 members (excludes halogenated alkanes) is 96. The van der Waals surface area contributed by atoms with E-state index in [1.54, 1.807) is 0 Å². The normalized spacial score (nSPS) is 12.4. The van der Waals surface area contributed by atoms with Crippen LogP contribution in [0.15, 0.2) is 0 Å². The van der Waals surface area contributed by atoms with Gasteiger partial charge in [0.1, 0.15) is 0 Å². The van der Waals surface area contributed by atoms with E-state index in [2.05, 4.69) is 62.3 Å². The number of esters is 2. The average molecular weight is 1900 g/mol. The predicted molar refractivity (Wildman–Crippen MR) is 613 cm³/mol. The van der Waals surface area contributed by atoms with E-state index in [0.717, 1.165) is 38.5 Å². The first-order valence-corrected chi connectivity index (χ1v) is 65.5. The first-order chi connectivity index (χ1) is 66.7. The Bertz CT molecular complexity index is 2080. The Morgan fingerprint density at radius 3 is 0.459 bits per heavy atom. The molecule has 808 valence electrons. The maximum atomic E-state index is 17.1. The van der Waals surface area contributed by atoms with Crippen molar-refractivity contribution in [1.82, 2.24) is 0 Å². The van der Waals surface area contributed by atoms with Crippen LogP contribution in [0.3, 0.4) is 0 Å². The number of hydrogen-bond donors (Lipinski definition) is 0. The highest BCUT2D eigenvalue weighted by molar-refractivity contribution is 5.89. The summed E-state index contributed by atoms with van der Waals surface area (Å²) in [7, 11) is 0. The molecule has 0 amide bonds. The smallest absolute Gasteiger partial charge is 0.320 e. The number of ether oxygens (including phenoxy) is 1. The van der Waals surface area contributed by atoms with Gasteiger partial charge in [0.05, 0.1) is 5.41 Å². The van der Waals surface area contributed by atoms with Crippen LogP contribution in [0.5, 0.6) is 0 Å². The first kappa shape index (κ1) is 134. The van der Waals surface area contributed by atoms with Crippen LogP contribution in [0.2, 0.25) is 0 Å². The standard InChI is InChI=1S/C132H262O3/c1-10-19-28-37-46-55-64-65-66-67-70-74-85-96-107-118-128(133)135-129(134)132(125-114-103-92-81-62-53-44-35-26-17-8,126-115-104-93-82-63-54-45-36-27-18-9)131(123-112-101-90-79-60-51-42-33-24-15-6,124-113-102-91-80-61-52-43-34-25-16-7)127(116-105-94-83-72-56-47-38-29-20-11-2)117-106-95-84-73-69-68-71-78-89-100-111-122-130(119-108-97-86-75-57-48-39-30-21-12-3,120-109-98-87-76-58-49-40-31-22-13-4)121-110-99-88-77-59-50-41-32-23-14-5/h127H,10-126H2,1-9H3. The molecule has 0 saturated carbocycles. The zero-order chi connectivity index (χ0) is 97.7. The van der Waals surface area contributed by atoms with Crippen molar-refractivity contribution < 1.29 is 14.3 Å². The van der Waals surface area contributed by atoms with Crippen molar-refractivity contribution >= 4 is 11.9 Å². The minimum Gasteiger partial charge on any atom is -0.393 e. The quantitative estimate of drug-likeness (QED) is 0.0346. The van der Waals surface area contributed by atoms with E-state index in [4.69, 9.17) is 4.74 Å². The number of carbonyl (C=O) groups excluding carboxylic acids is 2. The van der Waals surface area contributed by atoms with Crippen LogP contribution < -0.4 is 0 Å². The highest BCUT2D eigenvalue weighted by Gasteiger charge is 2.59. The van der Waals surface area contributed by atoms with Gasteiger partial charge < -0.3 is 4.74 Å². The summed E-state index contributed by atoms with van der Waals surface area (Å²) in [5.74, 6) is 0.288. The third kappa shape index (κ3) is 88.2. The molecule has 135 heavy (non-hydrogen) atoms. The van der Waals surface area contributed by atoms with Gasteiger partial charge in [0.25, 0.3) is 0 Å². The van der Waals surface area contributed by atoms with Crippen molar-refractivity contribution in [3.8, 4) is 0 Å². The number of hydrogen-bond acceptors (Lipinski definition) is 3. The van der Waals surface area contributed by atoms with E-state index >= 15 is 9.59 Å². The van der Waals surface area contributed by atoms with E-state index in [9.17, 15) is 0 Å². The molecule has 1 unspecified atom stereocenters. The van der Waals surface area contributed by atoms with Gasteiger partial charge in [0.15, 0.2) is 0 Å². The summed E-state index contributed by atoms with van der Waals surface area (Å²) in [4.78, 5) is 32.2. The van der Waals surface area contributed by atoms with Crippen LogP contribution in [0.1, 0.15) is 814 Å². The molecule has 0 aromatic rings. The molecule has 0 aromatic carbocycles. The highest BCUT2D eigenvalue weighted by atomic mass is 16.6. The summed E-state index contributed by atoms with van der Waals surface area (Å²) in [6.45, 7) is 21.2. The molecule has 0 bridgehead atoms. The van der Waals surface area contributed by atoms with Crippen LogP contribution in [0.4, 0.5) is 0 Å². The Labute approximate surface area is 856 Å². The van der Waals surface area contributed by atoms with Gasteiger partial charge in [-0.05, 0) is 87.4 Å². The lowest BCUT2D eigenvalue weighted by Gasteiger charge is -2.55. The molecule has 1 atom stereocenters. The lowest BCUT2D eigenvalue weighted by Crippen LogP contribution is -2.53. The van der Waals surface area contributed by atoms with E-state index in [1.165, 1.54) is 706 Å². The summed E-state index contributed by atoms with van der Waals surface area (Å²) in [6, 6.07) is 0. The van der Waals surface area contributed by atoms with Crippen LogP contribution in [-0.4, -0.2) is 11.9 Å². The minimum absolute atomic E-state index is 0.0144. The molecular weight excluding hydrogens is 1630 g/mol. The Hall–Kier alpha value is -0.860.